The minimum atomic E-state index is -0.153. The molecule has 108 valence electrons. The second-order valence-electron chi connectivity index (χ2n) is 5.44. The molecule has 0 bridgehead atoms. The van der Waals surface area contributed by atoms with Gasteiger partial charge >= 0.3 is 0 Å². The second-order valence-corrected chi connectivity index (χ2v) is 6.35. The number of hydrogen-bond acceptors (Lipinski definition) is 3. The average Bonchev–Trinajstić information content (AvgIpc) is 2.82. The van der Waals surface area contributed by atoms with Crippen molar-refractivity contribution in [2.45, 2.75) is 45.1 Å². The van der Waals surface area contributed by atoms with Gasteiger partial charge in [-0.1, -0.05) is 31.6 Å². The van der Waals surface area contributed by atoms with Crippen LogP contribution in [0.3, 0.4) is 0 Å². The zero-order chi connectivity index (χ0) is 14.4. The van der Waals surface area contributed by atoms with Gasteiger partial charge in [0.1, 0.15) is 6.61 Å². The van der Waals surface area contributed by atoms with Crippen molar-refractivity contribution in [2.24, 2.45) is 5.92 Å². The predicted octanol–water partition coefficient (Wildman–Crippen LogP) is 2.79. The van der Waals surface area contributed by atoms with Crippen LogP contribution < -0.4 is 5.32 Å². The lowest BCUT2D eigenvalue weighted by Gasteiger charge is -2.15. The van der Waals surface area contributed by atoms with Crippen LogP contribution in [0.2, 0.25) is 0 Å². The van der Waals surface area contributed by atoms with Crippen molar-refractivity contribution in [3.8, 4) is 11.8 Å². The average molecular weight is 291 g/mol. The summed E-state index contributed by atoms with van der Waals surface area (Å²) in [4.78, 5) is 13.0. The SMILES string of the molecule is CC1CCCC(NC(=O)c2csc(C#CCO)c2)CC1. The van der Waals surface area contributed by atoms with Gasteiger partial charge in [-0.2, -0.15) is 0 Å². The molecule has 2 atom stereocenters. The van der Waals surface area contributed by atoms with Crippen LogP contribution in [0.1, 0.15) is 54.3 Å². The minimum Gasteiger partial charge on any atom is -0.384 e. The van der Waals surface area contributed by atoms with Gasteiger partial charge in [-0.25, -0.2) is 0 Å². The van der Waals surface area contributed by atoms with Gasteiger partial charge in [-0.3, -0.25) is 4.79 Å². The molecular formula is C16H21NO2S. The van der Waals surface area contributed by atoms with Crippen molar-refractivity contribution in [1.82, 2.24) is 5.32 Å². The van der Waals surface area contributed by atoms with Crippen LogP contribution in [0.4, 0.5) is 0 Å². The minimum absolute atomic E-state index is 0.00199. The lowest BCUT2D eigenvalue weighted by atomic mass is 10.0. The summed E-state index contributed by atoms with van der Waals surface area (Å²) in [6.45, 7) is 2.13. The fourth-order valence-electron chi connectivity index (χ4n) is 2.55. The van der Waals surface area contributed by atoms with Crippen molar-refractivity contribution < 1.29 is 9.90 Å². The molecule has 4 heteroatoms. The van der Waals surface area contributed by atoms with Gasteiger partial charge in [0.05, 0.1) is 10.4 Å². The molecule has 0 saturated heterocycles. The molecule has 0 aromatic carbocycles. The third-order valence-corrected chi connectivity index (χ3v) is 4.59. The first kappa shape index (κ1) is 15.1. The number of rotatable bonds is 2. The standard InChI is InChI=1S/C16H21NO2S/c1-12-4-2-5-14(8-7-12)17-16(19)13-10-15(20-11-13)6-3-9-18/h10-12,14,18H,2,4-5,7-9H2,1H3,(H,17,19). The molecule has 1 aliphatic carbocycles. The van der Waals surface area contributed by atoms with Crippen molar-refractivity contribution in [2.75, 3.05) is 6.61 Å². The van der Waals surface area contributed by atoms with Crippen LogP contribution in [0.15, 0.2) is 11.4 Å². The maximum absolute atomic E-state index is 12.2. The predicted molar refractivity (Wildman–Crippen MR) is 81.8 cm³/mol. The quantitative estimate of drug-likeness (QED) is 0.650. The van der Waals surface area contributed by atoms with E-state index < -0.39 is 0 Å². The molecule has 1 fully saturated rings. The number of nitrogens with one attached hydrogen (secondary N) is 1. The van der Waals surface area contributed by atoms with E-state index >= 15 is 0 Å². The monoisotopic (exact) mass is 291 g/mol. The summed E-state index contributed by atoms with van der Waals surface area (Å²) in [7, 11) is 0. The van der Waals surface area contributed by atoms with E-state index in [1.165, 1.54) is 30.6 Å². The van der Waals surface area contributed by atoms with E-state index in [2.05, 4.69) is 24.1 Å². The van der Waals surface area contributed by atoms with Gasteiger partial charge < -0.3 is 10.4 Å². The summed E-state index contributed by atoms with van der Waals surface area (Å²) in [6, 6.07) is 2.10. The lowest BCUT2D eigenvalue weighted by molar-refractivity contribution is 0.0933. The lowest BCUT2D eigenvalue weighted by Crippen LogP contribution is -2.34. The van der Waals surface area contributed by atoms with E-state index in [9.17, 15) is 4.79 Å². The first-order chi connectivity index (χ1) is 9.69. The maximum atomic E-state index is 12.2. The van der Waals surface area contributed by atoms with Gasteiger partial charge in [0.2, 0.25) is 0 Å². The Morgan fingerprint density at radius 3 is 3.10 bits per heavy atom. The number of carbonyl (C=O) groups excluding carboxylic acids is 1. The summed E-state index contributed by atoms with van der Waals surface area (Å²) >= 11 is 1.44. The fraction of sp³-hybridized carbons (Fsp3) is 0.562. The fourth-order valence-corrected chi connectivity index (χ4v) is 3.30. The number of amides is 1. The van der Waals surface area contributed by atoms with Crippen LogP contribution in [0, 0.1) is 17.8 Å². The molecule has 20 heavy (non-hydrogen) atoms. The molecule has 3 nitrogen and oxygen atoms in total. The first-order valence-electron chi connectivity index (χ1n) is 7.18. The maximum Gasteiger partial charge on any atom is 0.252 e. The summed E-state index contributed by atoms with van der Waals surface area (Å²) in [5, 5.41) is 13.6. The topological polar surface area (TPSA) is 49.3 Å². The Morgan fingerprint density at radius 1 is 1.45 bits per heavy atom. The molecule has 0 radical (unpaired) electrons. The van der Waals surface area contributed by atoms with E-state index in [0.29, 0.717) is 11.6 Å². The summed E-state index contributed by atoms with van der Waals surface area (Å²) < 4.78 is 0. The largest absolute Gasteiger partial charge is 0.384 e. The second kappa shape index (κ2) is 7.47. The van der Waals surface area contributed by atoms with E-state index in [1.807, 2.05) is 5.38 Å². The van der Waals surface area contributed by atoms with Crippen molar-refractivity contribution in [3.63, 3.8) is 0 Å². The number of hydrogen-bond donors (Lipinski definition) is 2. The highest BCUT2D eigenvalue weighted by molar-refractivity contribution is 7.10. The van der Waals surface area contributed by atoms with Crippen LogP contribution in [-0.4, -0.2) is 23.7 Å². The van der Waals surface area contributed by atoms with Crippen molar-refractivity contribution in [3.05, 3.63) is 21.9 Å². The van der Waals surface area contributed by atoms with Crippen LogP contribution in [0.25, 0.3) is 0 Å². The molecule has 2 unspecified atom stereocenters. The Kier molecular flexibility index (Phi) is 5.63. The zero-order valence-corrected chi connectivity index (χ0v) is 12.6. The summed E-state index contributed by atoms with van der Waals surface area (Å²) in [5.74, 6) is 6.20. The van der Waals surface area contributed by atoms with E-state index in [0.717, 1.165) is 23.6 Å². The third-order valence-electron chi connectivity index (χ3n) is 3.74. The van der Waals surface area contributed by atoms with E-state index in [-0.39, 0.29) is 12.5 Å². The molecule has 1 aliphatic rings. The Labute approximate surface area is 124 Å². The van der Waals surface area contributed by atoms with Crippen molar-refractivity contribution in [1.29, 1.82) is 0 Å². The van der Waals surface area contributed by atoms with E-state index in [4.69, 9.17) is 5.11 Å². The van der Waals surface area contributed by atoms with Crippen molar-refractivity contribution >= 4 is 17.2 Å². The summed E-state index contributed by atoms with van der Waals surface area (Å²) in [6.07, 6.45) is 5.82. The van der Waals surface area contributed by atoms with Gasteiger partial charge in [0.15, 0.2) is 0 Å². The molecule has 2 N–H and O–H groups in total. The summed E-state index contributed by atoms with van der Waals surface area (Å²) in [5.41, 5.74) is 0.675. The molecule has 1 amide bonds. The Morgan fingerprint density at radius 2 is 2.30 bits per heavy atom. The Bertz CT molecular complexity index is 512. The van der Waals surface area contributed by atoms with Crippen LogP contribution in [-0.2, 0) is 0 Å². The molecule has 2 rings (SSSR count). The molecule has 1 saturated carbocycles. The molecule has 1 aromatic heterocycles. The van der Waals surface area contributed by atoms with Gasteiger partial charge in [0, 0.05) is 11.4 Å². The number of aliphatic hydroxyl groups is 1. The molecule has 1 heterocycles. The molecule has 1 aromatic rings. The third kappa shape index (κ3) is 4.36. The Hall–Kier alpha value is -1.31. The molecular weight excluding hydrogens is 270 g/mol. The van der Waals surface area contributed by atoms with Gasteiger partial charge in [0.25, 0.3) is 5.91 Å². The number of carbonyl (C=O) groups is 1. The van der Waals surface area contributed by atoms with Gasteiger partial charge in [-0.05, 0) is 31.2 Å². The number of aliphatic hydroxyl groups excluding tert-OH is 1. The van der Waals surface area contributed by atoms with E-state index in [1.54, 1.807) is 6.07 Å². The Balaban J connectivity index is 1.92. The molecule has 0 spiro atoms. The highest BCUT2D eigenvalue weighted by Gasteiger charge is 2.19. The van der Waals surface area contributed by atoms with Gasteiger partial charge in [-0.15, -0.1) is 11.3 Å². The normalized spacial score (nSPS) is 22.5. The zero-order valence-electron chi connectivity index (χ0n) is 11.8. The first-order valence-corrected chi connectivity index (χ1v) is 8.06. The smallest absolute Gasteiger partial charge is 0.252 e. The highest BCUT2D eigenvalue weighted by atomic mass is 32.1. The molecule has 0 aliphatic heterocycles. The van der Waals surface area contributed by atoms with Crippen LogP contribution in [0.5, 0.6) is 0 Å². The number of thiophene rings is 1. The van der Waals surface area contributed by atoms with Crippen LogP contribution >= 0.6 is 11.3 Å². The highest BCUT2D eigenvalue weighted by Crippen LogP contribution is 2.23.